The summed E-state index contributed by atoms with van der Waals surface area (Å²) in [7, 11) is 1.73. The zero-order valence-corrected chi connectivity index (χ0v) is 17.6. The number of benzene rings is 1. The summed E-state index contributed by atoms with van der Waals surface area (Å²) in [4.78, 5) is 16.5. The maximum atomic E-state index is 5.83. The second kappa shape index (κ2) is 8.97. The minimum atomic E-state index is 0.203. The van der Waals surface area contributed by atoms with Gasteiger partial charge in [-0.1, -0.05) is 12.1 Å². The lowest BCUT2D eigenvalue weighted by molar-refractivity contribution is -0.00574. The average molecular weight is 398 g/mol. The van der Waals surface area contributed by atoms with Crippen molar-refractivity contribution < 1.29 is 9.47 Å². The molecule has 7 heteroatoms. The van der Waals surface area contributed by atoms with Crippen LogP contribution in [-0.4, -0.2) is 73.5 Å². The van der Waals surface area contributed by atoms with Gasteiger partial charge in [-0.15, -0.1) is 0 Å². The molecule has 2 unspecified atom stereocenters. The van der Waals surface area contributed by atoms with E-state index in [9.17, 15) is 0 Å². The van der Waals surface area contributed by atoms with Crippen LogP contribution >= 0.6 is 0 Å². The Balaban J connectivity index is 1.36. The van der Waals surface area contributed by atoms with Gasteiger partial charge < -0.3 is 19.3 Å². The number of ether oxygens (including phenoxy) is 2. The van der Waals surface area contributed by atoms with Gasteiger partial charge in [-0.3, -0.25) is 4.90 Å². The smallest absolute Gasteiger partial charge is 0.225 e. The standard InChI is InChI=1S/C22H31N5O2/c1-17-14-27(15-18(2)29-17)22-23-9-8-19(24-22)16-25-10-12-26(13-11-25)20-6-4-5-7-21(20)28-3/h4-9,17-18H,10-16H2,1-3H3. The summed E-state index contributed by atoms with van der Waals surface area (Å²) in [5.41, 5.74) is 2.25. The Morgan fingerprint density at radius 3 is 2.45 bits per heavy atom. The van der Waals surface area contributed by atoms with Crippen molar-refractivity contribution in [1.82, 2.24) is 14.9 Å². The van der Waals surface area contributed by atoms with Crippen LogP contribution in [0, 0.1) is 0 Å². The predicted octanol–water partition coefficient (Wildman–Crippen LogP) is 2.42. The van der Waals surface area contributed by atoms with E-state index in [4.69, 9.17) is 14.5 Å². The van der Waals surface area contributed by atoms with Crippen LogP contribution in [0.4, 0.5) is 11.6 Å². The van der Waals surface area contributed by atoms with E-state index in [0.29, 0.717) is 0 Å². The molecule has 2 aliphatic rings. The summed E-state index contributed by atoms with van der Waals surface area (Å²) in [6.07, 6.45) is 2.29. The van der Waals surface area contributed by atoms with E-state index in [1.165, 1.54) is 5.69 Å². The minimum absolute atomic E-state index is 0.203. The third-order valence-electron chi connectivity index (χ3n) is 5.59. The number of hydrogen-bond acceptors (Lipinski definition) is 7. The molecule has 7 nitrogen and oxygen atoms in total. The van der Waals surface area contributed by atoms with Crippen molar-refractivity contribution in [2.75, 3.05) is 56.2 Å². The quantitative estimate of drug-likeness (QED) is 0.768. The zero-order chi connectivity index (χ0) is 20.2. The maximum absolute atomic E-state index is 5.83. The maximum Gasteiger partial charge on any atom is 0.225 e. The summed E-state index contributed by atoms with van der Waals surface area (Å²) in [5, 5.41) is 0. The Morgan fingerprint density at radius 1 is 1.00 bits per heavy atom. The molecule has 0 bridgehead atoms. The van der Waals surface area contributed by atoms with Gasteiger partial charge in [0.05, 0.1) is 30.7 Å². The molecule has 2 aliphatic heterocycles. The molecule has 0 N–H and O–H groups in total. The van der Waals surface area contributed by atoms with Gasteiger partial charge in [-0.2, -0.15) is 0 Å². The lowest BCUT2D eigenvalue weighted by atomic mass is 10.2. The molecule has 2 atom stereocenters. The van der Waals surface area contributed by atoms with Gasteiger partial charge in [0.1, 0.15) is 5.75 Å². The normalized spacial score (nSPS) is 23.3. The molecule has 2 aromatic rings. The highest BCUT2D eigenvalue weighted by Crippen LogP contribution is 2.28. The van der Waals surface area contributed by atoms with Gasteiger partial charge in [0.25, 0.3) is 0 Å². The second-order valence-electron chi connectivity index (χ2n) is 7.95. The number of rotatable bonds is 5. The van der Waals surface area contributed by atoms with E-state index in [1.807, 2.05) is 24.4 Å². The van der Waals surface area contributed by atoms with Crippen molar-refractivity contribution in [1.29, 1.82) is 0 Å². The highest BCUT2D eigenvalue weighted by Gasteiger charge is 2.25. The minimum Gasteiger partial charge on any atom is -0.495 e. The molecule has 29 heavy (non-hydrogen) atoms. The predicted molar refractivity (Wildman–Crippen MR) is 115 cm³/mol. The van der Waals surface area contributed by atoms with Gasteiger partial charge in [-0.05, 0) is 32.0 Å². The topological polar surface area (TPSA) is 54.0 Å². The van der Waals surface area contributed by atoms with E-state index >= 15 is 0 Å². The van der Waals surface area contributed by atoms with Crippen LogP contribution < -0.4 is 14.5 Å². The molecule has 2 fully saturated rings. The lowest BCUT2D eigenvalue weighted by Gasteiger charge is -2.37. The Hall–Kier alpha value is -2.38. The third-order valence-corrected chi connectivity index (χ3v) is 5.59. The molecule has 1 aromatic heterocycles. The van der Waals surface area contributed by atoms with E-state index < -0.39 is 0 Å². The largest absolute Gasteiger partial charge is 0.495 e. The molecule has 2 saturated heterocycles. The van der Waals surface area contributed by atoms with Crippen LogP contribution in [0.25, 0.3) is 0 Å². The summed E-state index contributed by atoms with van der Waals surface area (Å²) in [6, 6.07) is 10.3. The summed E-state index contributed by atoms with van der Waals surface area (Å²) >= 11 is 0. The molecule has 3 heterocycles. The SMILES string of the molecule is COc1ccccc1N1CCN(Cc2ccnc(N3CC(C)OC(C)C3)n2)CC1. The summed E-state index contributed by atoms with van der Waals surface area (Å²) in [6.45, 7) is 10.7. The first-order valence-electron chi connectivity index (χ1n) is 10.4. The third kappa shape index (κ3) is 4.79. The van der Waals surface area contributed by atoms with Gasteiger partial charge >= 0.3 is 0 Å². The molecule has 0 spiro atoms. The van der Waals surface area contributed by atoms with Crippen LogP contribution in [-0.2, 0) is 11.3 Å². The Kier molecular flexibility index (Phi) is 6.16. The van der Waals surface area contributed by atoms with Crippen LogP contribution in [0.5, 0.6) is 5.75 Å². The Morgan fingerprint density at radius 2 is 1.72 bits per heavy atom. The fraction of sp³-hybridized carbons (Fsp3) is 0.545. The van der Waals surface area contributed by atoms with Crippen molar-refractivity contribution in [3.63, 3.8) is 0 Å². The number of aromatic nitrogens is 2. The van der Waals surface area contributed by atoms with Crippen molar-refractivity contribution in [2.45, 2.75) is 32.6 Å². The second-order valence-corrected chi connectivity index (χ2v) is 7.95. The first kappa shape index (κ1) is 19.9. The van der Waals surface area contributed by atoms with Gasteiger partial charge in [0, 0.05) is 52.0 Å². The van der Waals surface area contributed by atoms with Gasteiger partial charge in [0.2, 0.25) is 5.95 Å². The molecule has 0 aliphatic carbocycles. The average Bonchev–Trinajstić information content (AvgIpc) is 2.74. The van der Waals surface area contributed by atoms with Crippen LogP contribution in [0.2, 0.25) is 0 Å². The Bertz CT molecular complexity index is 799. The van der Waals surface area contributed by atoms with Crippen molar-refractivity contribution in [2.24, 2.45) is 0 Å². The van der Waals surface area contributed by atoms with E-state index in [1.54, 1.807) is 7.11 Å². The fourth-order valence-electron chi connectivity index (χ4n) is 4.23. The van der Waals surface area contributed by atoms with Crippen LogP contribution in [0.15, 0.2) is 36.5 Å². The molecular formula is C22H31N5O2. The molecule has 0 amide bonds. The van der Waals surface area contributed by atoms with Crippen molar-refractivity contribution >= 4 is 11.6 Å². The first-order chi connectivity index (χ1) is 14.1. The molecule has 4 rings (SSSR count). The summed E-state index contributed by atoms with van der Waals surface area (Å²) in [5.74, 6) is 1.76. The highest BCUT2D eigenvalue weighted by atomic mass is 16.5. The number of anilines is 2. The number of nitrogens with zero attached hydrogens (tertiary/aromatic N) is 5. The lowest BCUT2D eigenvalue weighted by Crippen LogP contribution is -2.47. The molecule has 1 aromatic carbocycles. The summed E-state index contributed by atoms with van der Waals surface area (Å²) < 4.78 is 11.4. The molecule has 0 radical (unpaired) electrons. The zero-order valence-electron chi connectivity index (χ0n) is 17.6. The van der Waals surface area contributed by atoms with E-state index in [2.05, 4.69) is 45.7 Å². The molecule has 156 valence electrons. The molecule has 0 saturated carbocycles. The van der Waals surface area contributed by atoms with E-state index in [-0.39, 0.29) is 12.2 Å². The van der Waals surface area contributed by atoms with E-state index in [0.717, 1.165) is 63.2 Å². The molecular weight excluding hydrogens is 366 g/mol. The first-order valence-corrected chi connectivity index (χ1v) is 10.4. The Labute approximate surface area is 173 Å². The van der Waals surface area contributed by atoms with Crippen molar-refractivity contribution in [3.05, 3.63) is 42.2 Å². The van der Waals surface area contributed by atoms with Gasteiger partial charge in [0.15, 0.2) is 0 Å². The monoisotopic (exact) mass is 397 g/mol. The number of methoxy groups -OCH3 is 1. The van der Waals surface area contributed by atoms with Crippen LogP contribution in [0.1, 0.15) is 19.5 Å². The highest BCUT2D eigenvalue weighted by molar-refractivity contribution is 5.58. The van der Waals surface area contributed by atoms with Crippen LogP contribution in [0.3, 0.4) is 0 Å². The number of hydrogen-bond donors (Lipinski definition) is 0. The van der Waals surface area contributed by atoms with Gasteiger partial charge in [-0.25, -0.2) is 9.97 Å². The number of piperazine rings is 1. The fourth-order valence-corrected chi connectivity index (χ4v) is 4.23. The van der Waals surface area contributed by atoms with Crippen molar-refractivity contribution in [3.8, 4) is 5.75 Å². The number of morpholine rings is 1. The number of para-hydroxylation sites is 2.